The minimum absolute atomic E-state index is 0.345. The number of hydrogen-bond acceptors (Lipinski definition) is 2. The summed E-state index contributed by atoms with van der Waals surface area (Å²) in [5.41, 5.74) is 3.32. The molecule has 94 valence electrons. The lowest BCUT2D eigenvalue weighted by Crippen LogP contribution is -1.97. The fourth-order valence-electron chi connectivity index (χ4n) is 1.79. The van der Waals surface area contributed by atoms with E-state index in [2.05, 4.69) is 41.9 Å². The lowest BCUT2D eigenvalue weighted by Gasteiger charge is -2.07. The molecule has 1 aromatic heterocycles. The van der Waals surface area contributed by atoms with Crippen molar-refractivity contribution in [1.82, 2.24) is 0 Å². The molecule has 0 radical (unpaired) electrons. The molecule has 1 aromatic carbocycles. The predicted molar refractivity (Wildman–Crippen MR) is 78.5 cm³/mol. The zero-order valence-corrected chi connectivity index (χ0v) is 12.5. The fourth-order valence-corrected chi connectivity index (χ4v) is 3.25. The molecule has 4 heteroatoms. The van der Waals surface area contributed by atoms with Crippen molar-refractivity contribution in [3.63, 3.8) is 0 Å². The normalized spacial score (nSPS) is 10.9. The Labute approximate surface area is 118 Å². The lowest BCUT2D eigenvalue weighted by molar-refractivity contribution is 0.0697. The molecule has 0 fully saturated rings. The van der Waals surface area contributed by atoms with Crippen LogP contribution in [0.15, 0.2) is 33.4 Å². The van der Waals surface area contributed by atoms with Crippen LogP contribution in [0.5, 0.6) is 0 Å². The first-order valence-electron chi connectivity index (χ1n) is 5.61. The first-order valence-corrected chi connectivity index (χ1v) is 7.28. The van der Waals surface area contributed by atoms with Gasteiger partial charge in [-0.25, -0.2) is 4.79 Å². The molecular formula is C14H13BrO2S. The summed E-state index contributed by atoms with van der Waals surface area (Å²) in [5, 5.41) is 11.1. The van der Waals surface area contributed by atoms with E-state index in [0.717, 1.165) is 11.1 Å². The minimum Gasteiger partial charge on any atom is -0.478 e. The third-order valence-corrected chi connectivity index (χ3v) is 4.57. The van der Waals surface area contributed by atoms with Gasteiger partial charge in [-0.15, -0.1) is 11.3 Å². The summed E-state index contributed by atoms with van der Waals surface area (Å²) in [5.74, 6) is -0.418. The topological polar surface area (TPSA) is 37.3 Å². The second-order valence-electron chi connectivity index (χ2n) is 4.38. The number of carboxylic acids is 1. The van der Waals surface area contributed by atoms with Crippen molar-refractivity contribution in [3.8, 4) is 11.1 Å². The van der Waals surface area contributed by atoms with Gasteiger partial charge < -0.3 is 5.11 Å². The number of carboxylic acid groups (broad SMARTS) is 1. The molecule has 0 spiro atoms. The van der Waals surface area contributed by atoms with Crippen molar-refractivity contribution in [1.29, 1.82) is 0 Å². The van der Waals surface area contributed by atoms with Crippen LogP contribution in [0.1, 0.15) is 35.7 Å². The van der Waals surface area contributed by atoms with Crippen LogP contribution in [0.25, 0.3) is 11.1 Å². The molecule has 0 unspecified atom stereocenters. The maximum atomic E-state index is 11.2. The maximum absolute atomic E-state index is 11.2. The number of aromatic carboxylic acids is 1. The highest BCUT2D eigenvalue weighted by atomic mass is 79.9. The van der Waals surface area contributed by atoms with Gasteiger partial charge in [0.2, 0.25) is 0 Å². The Morgan fingerprint density at radius 1 is 1.28 bits per heavy atom. The van der Waals surface area contributed by atoms with Crippen molar-refractivity contribution < 1.29 is 9.90 Å². The van der Waals surface area contributed by atoms with E-state index in [1.165, 1.54) is 16.9 Å². The van der Waals surface area contributed by atoms with Gasteiger partial charge in [-0.3, -0.25) is 0 Å². The molecule has 0 saturated heterocycles. The third kappa shape index (κ3) is 2.49. The van der Waals surface area contributed by atoms with Gasteiger partial charge in [0.1, 0.15) is 0 Å². The number of thiophene rings is 1. The maximum Gasteiger partial charge on any atom is 0.338 e. The first-order chi connectivity index (χ1) is 8.50. The van der Waals surface area contributed by atoms with Crippen molar-refractivity contribution in [2.24, 2.45) is 0 Å². The molecule has 0 aliphatic rings. The van der Waals surface area contributed by atoms with Crippen molar-refractivity contribution >= 4 is 33.2 Å². The van der Waals surface area contributed by atoms with Crippen LogP contribution < -0.4 is 0 Å². The highest BCUT2D eigenvalue weighted by molar-refractivity contribution is 9.11. The Morgan fingerprint density at radius 2 is 1.89 bits per heavy atom. The summed E-state index contributed by atoms with van der Waals surface area (Å²) >= 11 is 4.69. The van der Waals surface area contributed by atoms with E-state index in [9.17, 15) is 9.90 Å². The number of carbonyl (C=O) groups is 1. The monoisotopic (exact) mass is 324 g/mol. The zero-order chi connectivity index (χ0) is 13.3. The van der Waals surface area contributed by atoms with E-state index >= 15 is 0 Å². The van der Waals surface area contributed by atoms with E-state index in [0.29, 0.717) is 15.3 Å². The molecule has 2 rings (SSSR count). The Balaban J connectivity index is 2.46. The molecule has 2 nitrogen and oxygen atoms in total. The quantitative estimate of drug-likeness (QED) is 0.862. The highest BCUT2D eigenvalue weighted by Gasteiger charge is 2.17. The minimum atomic E-state index is -0.897. The largest absolute Gasteiger partial charge is 0.478 e. The Bertz CT molecular complexity index is 570. The number of benzene rings is 1. The Kier molecular flexibility index (Phi) is 3.88. The summed E-state index contributed by atoms with van der Waals surface area (Å²) in [6.07, 6.45) is 0. The van der Waals surface area contributed by atoms with E-state index in [-0.39, 0.29) is 0 Å². The van der Waals surface area contributed by atoms with Crippen LogP contribution in [-0.2, 0) is 0 Å². The van der Waals surface area contributed by atoms with Gasteiger partial charge in [-0.2, -0.15) is 0 Å². The van der Waals surface area contributed by atoms with Crippen LogP contribution in [-0.4, -0.2) is 11.1 Å². The molecule has 18 heavy (non-hydrogen) atoms. The SMILES string of the molecule is CC(C)c1ccc(-c2csc(Br)c2C(=O)O)cc1. The molecule has 0 bridgehead atoms. The van der Waals surface area contributed by atoms with Crippen molar-refractivity contribution in [2.45, 2.75) is 19.8 Å². The van der Waals surface area contributed by atoms with Crippen LogP contribution in [0, 0.1) is 0 Å². The second-order valence-corrected chi connectivity index (χ2v) is 6.58. The molecule has 0 atom stereocenters. The number of rotatable bonds is 3. The van der Waals surface area contributed by atoms with Crippen LogP contribution in [0.4, 0.5) is 0 Å². The molecule has 0 saturated carbocycles. The summed E-state index contributed by atoms with van der Waals surface area (Å²) in [6.45, 7) is 4.28. The first kappa shape index (κ1) is 13.3. The van der Waals surface area contributed by atoms with Gasteiger partial charge in [0.25, 0.3) is 0 Å². The van der Waals surface area contributed by atoms with E-state index in [1.807, 2.05) is 17.5 Å². The molecular weight excluding hydrogens is 312 g/mol. The van der Waals surface area contributed by atoms with Gasteiger partial charge in [-0.1, -0.05) is 38.1 Å². The smallest absolute Gasteiger partial charge is 0.338 e. The molecule has 1 N–H and O–H groups in total. The molecule has 0 aliphatic heterocycles. The molecule has 1 heterocycles. The van der Waals surface area contributed by atoms with Gasteiger partial charge in [0, 0.05) is 10.9 Å². The second kappa shape index (κ2) is 5.24. The van der Waals surface area contributed by atoms with Crippen LogP contribution >= 0.6 is 27.3 Å². The van der Waals surface area contributed by atoms with Gasteiger partial charge in [-0.05, 0) is 33.0 Å². The number of halogens is 1. The average molecular weight is 325 g/mol. The summed E-state index contributed by atoms with van der Waals surface area (Å²) < 4.78 is 0.665. The van der Waals surface area contributed by atoms with Crippen molar-refractivity contribution in [3.05, 3.63) is 44.6 Å². The summed E-state index contributed by atoms with van der Waals surface area (Å²) in [7, 11) is 0. The summed E-state index contributed by atoms with van der Waals surface area (Å²) in [4.78, 5) is 11.2. The van der Waals surface area contributed by atoms with Gasteiger partial charge in [0.05, 0.1) is 9.35 Å². The van der Waals surface area contributed by atoms with E-state index in [1.54, 1.807) is 0 Å². The van der Waals surface area contributed by atoms with Gasteiger partial charge >= 0.3 is 5.97 Å². The average Bonchev–Trinajstić information content (AvgIpc) is 2.71. The Hall–Kier alpha value is -1.13. The number of hydrogen-bond donors (Lipinski definition) is 1. The Morgan fingerprint density at radius 3 is 2.39 bits per heavy atom. The summed E-state index contributed by atoms with van der Waals surface area (Å²) in [6, 6.07) is 8.07. The fraction of sp³-hybridized carbons (Fsp3) is 0.214. The van der Waals surface area contributed by atoms with E-state index in [4.69, 9.17) is 0 Å². The highest BCUT2D eigenvalue weighted by Crippen LogP contribution is 2.35. The zero-order valence-electron chi connectivity index (χ0n) is 10.1. The van der Waals surface area contributed by atoms with Gasteiger partial charge in [0.15, 0.2) is 0 Å². The third-order valence-electron chi connectivity index (χ3n) is 2.85. The van der Waals surface area contributed by atoms with Crippen molar-refractivity contribution in [2.75, 3.05) is 0 Å². The van der Waals surface area contributed by atoms with Crippen LogP contribution in [0.2, 0.25) is 0 Å². The molecule has 2 aromatic rings. The molecule has 0 amide bonds. The standard InChI is InChI=1S/C14H13BrO2S/c1-8(2)9-3-5-10(6-4-9)11-7-18-13(15)12(11)14(16)17/h3-8H,1-2H3,(H,16,17). The lowest BCUT2D eigenvalue weighted by atomic mass is 9.98. The van der Waals surface area contributed by atoms with Crippen LogP contribution in [0.3, 0.4) is 0 Å². The molecule has 0 aliphatic carbocycles. The van der Waals surface area contributed by atoms with E-state index < -0.39 is 5.97 Å². The predicted octanol–water partition coefficient (Wildman–Crippen LogP) is 5.00.